The molecule has 1 heterocycles. The van der Waals surface area contributed by atoms with E-state index in [1.165, 1.54) is 11.1 Å². The van der Waals surface area contributed by atoms with Gasteiger partial charge in [0.15, 0.2) is 5.78 Å². The summed E-state index contributed by atoms with van der Waals surface area (Å²) in [5.41, 5.74) is 5.28. The van der Waals surface area contributed by atoms with Crippen LogP contribution in [0.4, 0.5) is 0 Å². The van der Waals surface area contributed by atoms with Gasteiger partial charge in [0.1, 0.15) is 0 Å². The molecule has 0 radical (unpaired) electrons. The summed E-state index contributed by atoms with van der Waals surface area (Å²) in [5.74, 6) is 0.449. The standard InChI is InChI=1S/C27H28N2O/c1-3-20(21-15-13-19(2)14-16-21)17-29-26(22-9-5-4-6-10-22)27(30)24-18-28-25-12-8-7-11-23(24)25/h4-16,18,20,26,28-29H,3,17H2,1-2H3/t20-,26-/m0/s1. The quantitative estimate of drug-likeness (QED) is 0.349. The molecule has 0 unspecified atom stereocenters. The number of hydrogen-bond donors (Lipinski definition) is 2. The highest BCUT2D eigenvalue weighted by atomic mass is 16.1. The Labute approximate surface area is 178 Å². The molecule has 3 heteroatoms. The van der Waals surface area contributed by atoms with Crippen molar-refractivity contribution in [2.45, 2.75) is 32.2 Å². The molecule has 0 bridgehead atoms. The van der Waals surface area contributed by atoms with Crippen molar-refractivity contribution in [2.24, 2.45) is 0 Å². The van der Waals surface area contributed by atoms with Crippen LogP contribution in [0.2, 0.25) is 0 Å². The summed E-state index contributed by atoms with van der Waals surface area (Å²) in [5, 5.41) is 4.56. The zero-order valence-electron chi connectivity index (χ0n) is 17.6. The van der Waals surface area contributed by atoms with Crippen LogP contribution in [0.15, 0.2) is 85.1 Å². The van der Waals surface area contributed by atoms with E-state index in [4.69, 9.17) is 0 Å². The lowest BCUT2D eigenvalue weighted by atomic mass is 9.93. The molecule has 4 aromatic rings. The van der Waals surface area contributed by atoms with Gasteiger partial charge in [-0.3, -0.25) is 4.79 Å². The number of nitrogens with one attached hydrogen (secondary N) is 2. The third-order valence-electron chi connectivity index (χ3n) is 5.86. The fraction of sp³-hybridized carbons (Fsp3) is 0.222. The molecule has 0 saturated heterocycles. The number of aromatic nitrogens is 1. The monoisotopic (exact) mass is 396 g/mol. The number of rotatable bonds is 8. The van der Waals surface area contributed by atoms with Crippen molar-refractivity contribution in [3.8, 4) is 0 Å². The van der Waals surface area contributed by atoms with Crippen molar-refractivity contribution in [2.75, 3.05) is 6.54 Å². The number of para-hydroxylation sites is 1. The number of fused-ring (bicyclic) bond motifs is 1. The minimum Gasteiger partial charge on any atom is -0.360 e. The topological polar surface area (TPSA) is 44.9 Å². The van der Waals surface area contributed by atoms with E-state index in [0.717, 1.165) is 35.0 Å². The van der Waals surface area contributed by atoms with E-state index >= 15 is 0 Å². The van der Waals surface area contributed by atoms with Crippen LogP contribution in [0.25, 0.3) is 10.9 Å². The van der Waals surface area contributed by atoms with E-state index < -0.39 is 0 Å². The van der Waals surface area contributed by atoms with Crippen LogP contribution in [0, 0.1) is 6.92 Å². The number of hydrogen-bond acceptors (Lipinski definition) is 2. The second-order valence-corrected chi connectivity index (χ2v) is 7.88. The van der Waals surface area contributed by atoms with Crippen molar-refractivity contribution in [1.82, 2.24) is 10.3 Å². The first kappa shape index (κ1) is 20.1. The Morgan fingerprint density at radius 3 is 2.33 bits per heavy atom. The summed E-state index contributed by atoms with van der Waals surface area (Å²) >= 11 is 0. The molecular weight excluding hydrogens is 368 g/mol. The molecule has 3 nitrogen and oxygen atoms in total. The van der Waals surface area contributed by atoms with Gasteiger partial charge in [-0.25, -0.2) is 0 Å². The van der Waals surface area contributed by atoms with Crippen LogP contribution in [0.5, 0.6) is 0 Å². The van der Waals surface area contributed by atoms with Crippen molar-refractivity contribution in [3.05, 3.63) is 107 Å². The average molecular weight is 397 g/mol. The van der Waals surface area contributed by atoms with Gasteiger partial charge in [0.05, 0.1) is 6.04 Å². The third-order valence-corrected chi connectivity index (χ3v) is 5.86. The van der Waals surface area contributed by atoms with Gasteiger partial charge in [0.25, 0.3) is 0 Å². The number of benzene rings is 3. The summed E-state index contributed by atoms with van der Waals surface area (Å²) < 4.78 is 0. The molecule has 0 amide bonds. The molecule has 0 aliphatic heterocycles. The van der Waals surface area contributed by atoms with E-state index in [1.54, 1.807) is 0 Å². The van der Waals surface area contributed by atoms with Crippen LogP contribution < -0.4 is 5.32 Å². The number of carbonyl (C=O) groups is 1. The number of carbonyl (C=O) groups excluding carboxylic acids is 1. The van der Waals surface area contributed by atoms with Gasteiger partial charge in [-0.2, -0.15) is 0 Å². The third kappa shape index (κ3) is 4.22. The molecule has 0 spiro atoms. The second-order valence-electron chi connectivity index (χ2n) is 7.88. The molecule has 3 aromatic carbocycles. The van der Waals surface area contributed by atoms with Gasteiger partial charge in [-0.15, -0.1) is 0 Å². The van der Waals surface area contributed by atoms with Gasteiger partial charge in [-0.05, 0) is 36.5 Å². The molecule has 30 heavy (non-hydrogen) atoms. The van der Waals surface area contributed by atoms with Gasteiger partial charge >= 0.3 is 0 Å². The molecule has 0 aliphatic rings. The van der Waals surface area contributed by atoms with Gasteiger partial charge in [-0.1, -0.05) is 85.3 Å². The number of ketones is 1. The highest BCUT2D eigenvalue weighted by Crippen LogP contribution is 2.26. The van der Waals surface area contributed by atoms with E-state index in [9.17, 15) is 4.79 Å². The maximum Gasteiger partial charge on any atom is 0.186 e. The Balaban J connectivity index is 1.62. The Morgan fingerprint density at radius 1 is 0.900 bits per heavy atom. The highest BCUT2D eigenvalue weighted by Gasteiger charge is 2.25. The average Bonchev–Trinajstić information content (AvgIpc) is 3.22. The van der Waals surface area contributed by atoms with E-state index in [1.807, 2.05) is 60.8 Å². The van der Waals surface area contributed by atoms with Crippen LogP contribution in [-0.2, 0) is 0 Å². The molecule has 4 rings (SSSR count). The summed E-state index contributed by atoms with van der Waals surface area (Å²) in [6, 6.07) is 26.3. The zero-order chi connectivity index (χ0) is 20.9. The van der Waals surface area contributed by atoms with Gasteiger partial charge < -0.3 is 10.3 Å². The number of H-pyrrole nitrogens is 1. The van der Waals surface area contributed by atoms with Crippen LogP contribution in [-0.4, -0.2) is 17.3 Å². The van der Waals surface area contributed by atoms with Crippen molar-refractivity contribution in [3.63, 3.8) is 0 Å². The van der Waals surface area contributed by atoms with Crippen molar-refractivity contribution in [1.29, 1.82) is 0 Å². The van der Waals surface area contributed by atoms with Crippen LogP contribution in [0.3, 0.4) is 0 Å². The molecule has 0 fully saturated rings. The molecule has 1 aromatic heterocycles. The smallest absolute Gasteiger partial charge is 0.186 e. The van der Waals surface area contributed by atoms with Gasteiger partial charge in [0, 0.05) is 29.2 Å². The Morgan fingerprint density at radius 2 is 1.60 bits per heavy atom. The Bertz CT molecular complexity index is 1110. The zero-order valence-corrected chi connectivity index (χ0v) is 17.6. The lowest BCUT2D eigenvalue weighted by Crippen LogP contribution is -2.32. The molecule has 2 atom stereocenters. The van der Waals surface area contributed by atoms with E-state index in [0.29, 0.717) is 5.92 Å². The Hall–Kier alpha value is -3.17. The summed E-state index contributed by atoms with van der Waals surface area (Å²) in [4.78, 5) is 16.9. The first-order chi connectivity index (χ1) is 14.7. The largest absolute Gasteiger partial charge is 0.360 e. The maximum absolute atomic E-state index is 13.6. The number of aryl methyl sites for hydroxylation is 1. The molecule has 0 aliphatic carbocycles. The Kier molecular flexibility index (Phi) is 6.10. The van der Waals surface area contributed by atoms with Crippen molar-refractivity contribution < 1.29 is 4.79 Å². The predicted octanol–water partition coefficient (Wildman–Crippen LogP) is 6.18. The maximum atomic E-state index is 13.6. The summed E-state index contributed by atoms with van der Waals surface area (Å²) in [6.45, 7) is 5.05. The normalized spacial score (nSPS) is 13.3. The minimum absolute atomic E-state index is 0.0948. The first-order valence-corrected chi connectivity index (χ1v) is 10.6. The van der Waals surface area contributed by atoms with Crippen LogP contribution >= 0.6 is 0 Å². The van der Waals surface area contributed by atoms with Crippen LogP contribution in [0.1, 0.15) is 52.4 Å². The lowest BCUT2D eigenvalue weighted by Gasteiger charge is -2.22. The lowest BCUT2D eigenvalue weighted by molar-refractivity contribution is 0.0943. The van der Waals surface area contributed by atoms with E-state index in [2.05, 4.69) is 48.4 Å². The molecule has 152 valence electrons. The van der Waals surface area contributed by atoms with E-state index in [-0.39, 0.29) is 11.8 Å². The predicted molar refractivity (Wildman–Crippen MR) is 124 cm³/mol. The SMILES string of the molecule is CC[C@@H](CN[C@H](C(=O)c1c[nH]c2ccccc12)c1ccccc1)c1ccc(C)cc1. The summed E-state index contributed by atoms with van der Waals surface area (Å²) in [6.07, 6.45) is 2.85. The molecule has 0 saturated carbocycles. The number of Topliss-reactive ketones (excluding diaryl/α,β-unsaturated/α-hetero) is 1. The fourth-order valence-corrected chi connectivity index (χ4v) is 4.03. The van der Waals surface area contributed by atoms with Crippen molar-refractivity contribution >= 4 is 16.7 Å². The second kappa shape index (κ2) is 9.10. The minimum atomic E-state index is -0.384. The number of aromatic amines is 1. The fourth-order valence-electron chi connectivity index (χ4n) is 4.03. The van der Waals surface area contributed by atoms with Gasteiger partial charge in [0.2, 0.25) is 0 Å². The summed E-state index contributed by atoms with van der Waals surface area (Å²) in [7, 11) is 0. The molecular formula is C27H28N2O. The highest BCUT2D eigenvalue weighted by molar-refractivity contribution is 6.10. The molecule has 2 N–H and O–H groups in total. The first-order valence-electron chi connectivity index (χ1n) is 10.6.